The molecule has 0 amide bonds. The van der Waals surface area contributed by atoms with Crippen LogP contribution >= 0.6 is 15.9 Å². The molecule has 0 N–H and O–H groups in total. The van der Waals surface area contributed by atoms with E-state index in [1.165, 1.54) is 44.2 Å². The number of ether oxygens (including phenoxy) is 1. The Labute approximate surface area is 152 Å². The van der Waals surface area contributed by atoms with Crippen molar-refractivity contribution in [3.05, 3.63) is 22.8 Å². The summed E-state index contributed by atoms with van der Waals surface area (Å²) >= 11 is 3.57. The van der Waals surface area contributed by atoms with Crippen LogP contribution in [0.1, 0.15) is 38.6 Å². The molecule has 1 aromatic heterocycles. The van der Waals surface area contributed by atoms with E-state index in [-0.39, 0.29) is 0 Å². The van der Waals surface area contributed by atoms with Crippen LogP contribution in [0.2, 0.25) is 0 Å². The number of methoxy groups -OCH3 is 1. The number of aromatic nitrogens is 2. The van der Waals surface area contributed by atoms with Gasteiger partial charge < -0.3 is 9.64 Å². The van der Waals surface area contributed by atoms with Gasteiger partial charge in [0.1, 0.15) is 5.75 Å². The zero-order valence-corrected chi connectivity index (χ0v) is 16.3. The van der Waals surface area contributed by atoms with E-state index in [0.717, 1.165) is 15.7 Å². The second kappa shape index (κ2) is 6.03. The van der Waals surface area contributed by atoms with Crippen LogP contribution in [0.15, 0.2) is 22.8 Å². The third-order valence-corrected chi connectivity index (χ3v) is 6.77. The molecule has 2 heterocycles. The lowest BCUT2D eigenvalue weighted by Crippen LogP contribution is -2.35. The summed E-state index contributed by atoms with van der Waals surface area (Å²) < 4.78 is 8.60. The second-order valence-electron chi connectivity index (χ2n) is 7.93. The molecule has 2 fully saturated rings. The van der Waals surface area contributed by atoms with Gasteiger partial charge in [0.05, 0.1) is 23.1 Å². The van der Waals surface area contributed by atoms with Crippen LogP contribution in [0.25, 0.3) is 10.9 Å². The molecular weight excluding hydrogens is 366 g/mol. The Morgan fingerprint density at radius 3 is 2.83 bits per heavy atom. The monoisotopic (exact) mass is 391 g/mol. The third kappa shape index (κ3) is 2.76. The summed E-state index contributed by atoms with van der Waals surface area (Å²) in [7, 11) is 3.96. The van der Waals surface area contributed by atoms with Gasteiger partial charge in [-0.3, -0.25) is 4.68 Å². The highest BCUT2D eigenvalue weighted by molar-refractivity contribution is 9.10. The van der Waals surface area contributed by atoms with Crippen molar-refractivity contribution in [1.29, 1.82) is 0 Å². The lowest BCUT2D eigenvalue weighted by molar-refractivity contribution is 0.102. The zero-order chi connectivity index (χ0) is 16.9. The maximum absolute atomic E-state index is 5.40. The molecule has 130 valence electrons. The topological polar surface area (TPSA) is 30.3 Å². The summed E-state index contributed by atoms with van der Waals surface area (Å²) in [5.41, 5.74) is 1.58. The van der Waals surface area contributed by atoms with Crippen LogP contribution in [0.5, 0.6) is 5.75 Å². The number of benzene rings is 1. The van der Waals surface area contributed by atoms with E-state index < -0.39 is 0 Å². The van der Waals surface area contributed by atoms with E-state index in [2.05, 4.69) is 51.7 Å². The van der Waals surface area contributed by atoms with Crippen LogP contribution in [0.4, 0.5) is 0 Å². The Balaban J connectivity index is 1.59. The highest BCUT2D eigenvalue weighted by Crippen LogP contribution is 2.49. The number of rotatable bonds is 2. The molecule has 0 radical (unpaired) electrons. The lowest BCUT2D eigenvalue weighted by atomic mass is 9.67. The highest BCUT2D eigenvalue weighted by atomic mass is 79.9. The molecule has 1 saturated carbocycles. The van der Waals surface area contributed by atoms with Gasteiger partial charge in [-0.15, -0.1) is 0 Å². The van der Waals surface area contributed by atoms with Gasteiger partial charge in [0.25, 0.3) is 0 Å². The molecule has 1 aromatic carbocycles. The average Bonchev–Trinajstić information content (AvgIpc) is 3.10. The molecule has 4 nitrogen and oxygen atoms in total. The first-order chi connectivity index (χ1) is 11.5. The molecule has 4 rings (SSSR count). The zero-order valence-electron chi connectivity index (χ0n) is 14.8. The van der Waals surface area contributed by atoms with Crippen LogP contribution in [0.3, 0.4) is 0 Å². The molecular formula is C19H26BrN3O. The summed E-state index contributed by atoms with van der Waals surface area (Å²) in [6, 6.07) is 4.65. The molecule has 1 aliphatic heterocycles. The van der Waals surface area contributed by atoms with Gasteiger partial charge in [-0.2, -0.15) is 5.10 Å². The fourth-order valence-corrected chi connectivity index (χ4v) is 5.48. The Morgan fingerprint density at radius 2 is 2.17 bits per heavy atom. The summed E-state index contributed by atoms with van der Waals surface area (Å²) in [5.74, 6) is 1.52. The molecule has 5 heteroatoms. The van der Waals surface area contributed by atoms with Crippen LogP contribution < -0.4 is 4.74 Å². The number of fused-ring (bicyclic) bond motifs is 1. The first-order valence-electron chi connectivity index (χ1n) is 8.91. The van der Waals surface area contributed by atoms with Crippen molar-refractivity contribution in [2.45, 2.75) is 38.6 Å². The van der Waals surface area contributed by atoms with E-state index in [0.29, 0.717) is 17.4 Å². The van der Waals surface area contributed by atoms with Crippen LogP contribution in [-0.4, -0.2) is 41.9 Å². The summed E-state index contributed by atoms with van der Waals surface area (Å²) in [5, 5.41) is 6.05. The lowest BCUT2D eigenvalue weighted by Gasteiger charge is -2.41. The maximum atomic E-state index is 5.40. The quantitative estimate of drug-likeness (QED) is 0.755. The van der Waals surface area contributed by atoms with Gasteiger partial charge in [-0.1, -0.05) is 6.92 Å². The predicted molar refractivity (Wildman–Crippen MR) is 101 cm³/mol. The minimum absolute atomic E-state index is 0.513. The summed E-state index contributed by atoms with van der Waals surface area (Å²) in [4.78, 5) is 2.50. The molecule has 1 aliphatic carbocycles. The summed E-state index contributed by atoms with van der Waals surface area (Å²) in [6.45, 7) is 4.94. The molecule has 1 saturated heterocycles. The minimum Gasteiger partial charge on any atom is -0.495 e. The van der Waals surface area contributed by atoms with Crippen LogP contribution in [-0.2, 0) is 0 Å². The van der Waals surface area contributed by atoms with Crippen molar-refractivity contribution < 1.29 is 4.74 Å². The van der Waals surface area contributed by atoms with Gasteiger partial charge in [-0.25, -0.2) is 0 Å². The molecule has 0 bridgehead atoms. The first kappa shape index (κ1) is 16.4. The second-order valence-corrected chi connectivity index (χ2v) is 8.78. The van der Waals surface area contributed by atoms with E-state index in [1.807, 2.05) is 6.07 Å². The molecule has 2 aliphatic rings. The van der Waals surface area contributed by atoms with E-state index >= 15 is 0 Å². The van der Waals surface area contributed by atoms with E-state index in [1.54, 1.807) is 7.11 Å². The van der Waals surface area contributed by atoms with Crippen molar-refractivity contribution in [2.75, 3.05) is 27.2 Å². The van der Waals surface area contributed by atoms with Crippen molar-refractivity contribution in [2.24, 2.45) is 11.3 Å². The Kier molecular flexibility index (Phi) is 4.12. The van der Waals surface area contributed by atoms with E-state index in [9.17, 15) is 0 Å². The average molecular weight is 392 g/mol. The SMILES string of the molecule is COc1cc2nn([C@@H]3CC[C@]4(CCN(C)C4)C[C@@H]3C)cc2cc1Br. The molecule has 24 heavy (non-hydrogen) atoms. The maximum Gasteiger partial charge on any atom is 0.135 e. The summed E-state index contributed by atoms with van der Waals surface area (Å²) in [6.07, 6.45) is 7.47. The molecule has 0 unspecified atom stereocenters. The number of hydrogen-bond acceptors (Lipinski definition) is 3. The van der Waals surface area contributed by atoms with Gasteiger partial charge in [0.2, 0.25) is 0 Å². The van der Waals surface area contributed by atoms with Crippen molar-refractivity contribution in [3.63, 3.8) is 0 Å². The minimum atomic E-state index is 0.513. The normalized spacial score (nSPS) is 31.2. The number of halogens is 1. The van der Waals surface area contributed by atoms with Gasteiger partial charge in [-0.05, 0) is 72.6 Å². The van der Waals surface area contributed by atoms with Crippen LogP contribution in [0, 0.1) is 11.3 Å². The Hall–Kier alpha value is -1.07. The third-order valence-electron chi connectivity index (χ3n) is 6.15. The Bertz CT molecular complexity index is 758. The van der Waals surface area contributed by atoms with Crippen molar-refractivity contribution in [3.8, 4) is 5.75 Å². The molecule has 1 spiro atoms. The standard InChI is InChI=1S/C19H26BrN3O/c1-13-10-19(6-7-22(2)12-19)5-4-17(13)23-11-14-8-15(20)18(24-3)9-16(14)21-23/h8-9,11,13,17H,4-7,10,12H2,1-3H3/t13-,17+,19-/m0/s1. The Morgan fingerprint density at radius 1 is 1.33 bits per heavy atom. The van der Waals surface area contributed by atoms with Gasteiger partial charge >= 0.3 is 0 Å². The van der Waals surface area contributed by atoms with Gasteiger partial charge in [0, 0.05) is 24.2 Å². The fraction of sp³-hybridized carbons (Fsp3) is 0.632. The van der Waals surface area contributed by atoms with E-state index in [4.69, 9.17) is 9.84 Å². The number of likely N-dealkylation sites (tertiary alicyclic amines) is 1. The first-order valence-corrected chi connectivity index (χ1v) is 9.70. The van der Waals surface area contributed by atoms with Gasteiger partial charge in [0.15, 0.2) is 0 Å². The largest absolute Gasteiger partial charge is 0.495 e. The molecule has 3 atom stereocenters. The molecule has 2 aromatic rings. The van der Waals surface area contributed by atoms with Crippen molar-refractivity contribution >= 4 is 26.8 Å². The fourth-order valence-electron chi connectivity index (χ4n) is 4.95. The predicted octanol–water partition coefficient (Wildman–Crippen LogP) is 4.49. The number of nitrogens with zero attached hydrogens (tertiary/aromatic N) is 3. The highest BCUT2D eigenvalue weighted by Gasteiger charge is 2.43. The smallest absolute Gasteiger partial charge is 0.135 e. The van der Waals surface area contributed by atoms with Crippen molar-refractivity contribution in [1.82, 2.24) is 14.7 Å². The number of hydrogen-bond donors (Lipinski definition) is 0.